The Morgan fingerprint density at radius 2 is 1.93 bits per heavy atom. The van der Waals surface area contributed by atoms with Crippen molar-refractivity contribution >= 4 is 28.4 Å². The number of carbonyl (C=O) groups is 1. The first-order valence-electron chi connectivity index (χ1n) is 9.67. The molecular formula is C23H22ClN5O. The highest BCUT2D eigenvalue weighted by Gasteiger charge is 2.24. The Morgan fingerprint density at radius 1 is 1.13 bits per heavy atom. The molecule has 0 fully saturated rings. The molecule has 1 N–H and O–H groups in total. The molecule has 152 valence electrons. The van der Waals surface area contributed by atoms with E-state index in [0.29, 0.717) is 23.0 Å². The largest absolute Gasteiger partial charge is 0.350 e. The molecule has 0 aliphatic heterocycles. The second kappa shape index (κ2) is 7.88. The standard InChI is InChI=1S/C23H22ClN5O/c1-15-21(22(30)26-14-23(2,3)16-7-4-8-17(24)13-16)27-28-29(15)20-11-5-10-19-18(20)9-6-12-25-19/h4-13H,14H2,1-3H3,(H,26,30). The fourth-order valence-corrected chi connectivity index (χ4v) is 3.63. The maximum atomic E-state index is 12.9. The molecule has 4 rings (SSSR count). The van der Waals surface area contributed by atoms with E-state index in [-0.39, 0.29) is 11.3 Å². The van der Waals surface area contributed by atoms with Gasteiger partial charge in [-0.05, 0) is 48.9 Å². The molecule has 0 bridgehead atoms. The van der Waals surface area contributed by atoms with Crippen LogP contribution in [-0.2, 0) is 5.41 Å². The first-order chi connectivity index (χ1) is 14.4. The number of pyridine rings is 1. The summed E-state index contributed by atoms with van der Waals surface area (Å²) in [4.78, 5) is 17.2. The third-order valence-corrected chi connectivity index (χ3v) is 5.49. The summed E-state index contributed by atoms with van der Waals surface area (Å²) < 4.78 is 1.68. The first-order valence-corrected chi connectivity index (χ1v) is 10.1. The van der Waals surface area contributed by atoms with Crippen LogP contribution in [0.2, 0.25) is 5.02 Å². The number of amides is 1. The molecule has 0 saturated heterocycles. The van der Waals surface area contributed by atoms with Gasteiger partial charge in [-0.15, -0.1) is 5.10 Å². The molecule has 2 aromatic carbocycles. The summed E-state index contributed by atoms with van der Waals surface area (Å²) in [6, 6.07) is 17.3. The summed E-state index contributed by atoms with van der Waals surface area (Å²) in [6.45, 7) is 6.40. The highest BCUT2D eigenvalue weighted by atomic mass is 35.5. The fraction of sp³-hybridized carbons (Fsp3) is 0.217. The van der Waals surface area contributed by atoms with Crippen molar-refractivity contribution in [3.05, 3.63) is 82.8 Å². The summed E-state index contributed by atoms with van der Waals surface area (Å²) >= 11 is 6.12. The van der Waals surface area contributed by atoms with E-state index in [2.05, 4.69) is 34.5 Å². The molecule has 0 spiro atoms. The Labute approximate surface area is 179 Å². The highest BCUT2D eigenvalue weighted by Crippen LogP contribution is 2.25. The third kappa shape index (κ3) is 3.78. The molecule has 2 heterocycles. The van der Waals surface area contributed by atoms with Gasteiger partial charge in [-0.25, -0.2) is 4.68 Å². The van der Waals surface area contributed by atoms with Gasteiger partial charge >= 0.3 is 0 Å². The molecule has 7 heteroatoms. The van der Waals surface area contributed by atoms with E-state index in [1.807, 2.05) is 61.5 Å². The summed E-state index contributed by atoms with van der Waals surface area (Å²) in [5, 5.41) is 13.0. The number of rotatable bonds is 5. The normalized spacial score (nSPS) is 11.6. The zero-order valence-corrected chi connectivity index (χ0v) is 17.8. The van der Waals surface area contributed by atoms with Gasteiger partial charge in [0.2, 0.25) is 0 Å². The number of benzene rings is 2. The maximum Gasteiger partial charge on any atom is 0.273 e. The fourth-order valence-electron chi connectivity index (χ4n) is 3.44. The second-order valence-electron chi connectivity index (χ2n) is 7.86. The lowest BCUT2D eigenvalue weighted by molar-refractivity contribution is 0.0940. The van der Waals surface area contributed by atoms with Crippen LogP contribution in [0.1, 0.15) is 35.6 Å². The Morgan fingerprint density at radius 3 is 2.73 bits per heavy atom. The lowest BCUT2D eigenvalue weighted by atomic mass is 9.84. The van der Waals surface area contributed by atoms with Crippen LogP contribution >= 0.6 is 11.6 Å². The lowest BCUT2D eigenvalue weighted by Crippen LogP contribution is -2.37. The van der Waals surface area contributed by atoms with Crippen molar-refractivity contribution in [2.45, 2.75) is 26.2 Å². The van der Waals surface area contributed by atoms with Gasteiger partial charge in [-0.2, -0.15) is 0 Å². The molecule has 30 heavy (non-hydrogen) atoms. The van der Waals surface area contributed by atoms with Crippen molar-refractivity contribution in [3.8, 4) is 5.69 Å². The molecule has 2 aromatic heterocycles. The number of aromatic nitrogens is 4. The Hall–Kier alpha value is -3.25. The van der Waals surface area contributed by atoms with Crippen LogP contribution in [0.4, 0.5) is 0 Å². The summed E-state index contributed by atoms with van der Waals surface area (Å²) in [6.07, 6.45) is 1.75. The van der Waals surface area contributed by atoms with Gasteiger partial charge in [-0.3, -0.25) is 9.78 Å². The van der Waals surface area contributed by atoms with Gasteiger partial charge in [0.05, 0.1) is 16.9 Å². The summed E-state index contributed by atoms with van der Waals surface area (Å²) in [7, 11) is 0. The van der Waals surface area contributed by atoms with Gasteiger partial charge in [0.1, 0.15) is 0 Å². The minimum atomic E-state index is -0.286. The molecule has 0 unspecified atom stereocenters. The van der Waals surface area contributed by atoms with Crippen molar-refractivity contribution in [1.82, 2.24) is 25.3 Å². The second-order valence-corrected chi connectivity index (χ2v) is 8.30. The number of hydrogen-bond donors (Lipinski definition) is 1. The maximum absolute atomic E-state index is 12.9. The van der Waals surface area contributed by atoms with Crippen molar-refractivity contribution in [2.75, 3.05) is 6.54 Å². The number of fused-ring (bicyclic) bond motifs is 1. The van der Waals surface area contributed by atoms with E-state index in [0.717, 1.165) is 22.2 Å². The van der Waals surface area contributed by atoms with E-state index in [1.165, 1.54) is 0 Å². The number of hydrogen-bond acceptors (Lipinski definition) is 4. The van der Waals surface area contributed by atoms with Crippen LogP contribution in [0.25, 0.3) is 16.6 Å². The van der Waals surface area contributed by atoms with Crippen LogP contribution < -0.4 is 5.32 Å². The predicted molar refractivity (Wildman–Crippen MR) is 118 cm³/mol. The van der Waals surface area contributed by atoms with Crippen LogP contribution in [0, 0.1) is 6.92 Å². The Kier molecular flexibility index (Phi) is 5.26. The molecule has 0 aliphatic rings. The van der Waals surface area contributed by atoms with Gasteiger partial charge in [0.15, 0.2) is 5.69 Å². The zero-order chi connectivity index (χ0) is 21.3. The van der Waals surface area contributed by atoms with Gasteiger partial charge in [0, 0.05) is 28.6 Å². The van der Waals surface area contributed by atoms with Crippen molar-refractivity contribution in [2.24, 2.45) is 0 Å². The molecule has 0 atom stereocenters. The topological polar surface area (TPSA) is 72.7 Å². The average Bonchev–Trinajstić information content (AvgIpc) is 3.13. The lowest BCUT2D eigenvalue weighted by Gasteiger charge is -2.25. The van der Waals surface area contributed by atoms with Gasteiger partial charge < -0.3 is 5.32 Å². The summed E-state index contributed by atoms with van der Waals surface area (Å²) in [5.41, 5.74) is 3.44. The highest BCUT2D eigenvalue weighted by molar-refractivity contribution is 6.30. The number of nitrogens with zero attached hydrogens (tertiary/aromatic N) is 4. The average molecular weight is 420 g/mol. The Balaban J connectivity index is 1.57. The predicted octanol–water partition coefficient (Wildman–Crippen LogP) is 4.48. The molecule has 0 aliphatic carbocycles. The van der Waals surface area contributed by atoms with Crippen molar-refractivity contribution in [3.63, 3.8) is 0 Å². The van der Waals surface area contributed by atoms with E-state index in [9.17, 15) is 4.79 Å². The number of halogens is 1. The van der Waals surface area contributed by atoms with Crippen LogP contribution in [-0.4, -0.2) is 32.4 Å². The molecular weight excluding hydrogens is 398 g/mol. The number of carbonyl (C=O) groups excluding carboxylic acids is 1. The minimum Gasteiger partial charge on any atom is -0.350 e. The number of nitrogens with one attached hydrogen (secondary N) is 1. The van der Waals surface area contributed by atoms with Crippen LogP contribution in [0.5, 0.6) is 0 Å². The molecule has 1 amide bonds. The minimum absolute atomic E-state index is 0.257. The zero-order valence-electron chi connectivity index (χ0n) is 17.1. The molecule has 4 aromatic rings. The smallest absolute Gasteiger partial charge is 0.273 e. The van der Waals surface area contributed by atoms with E-state index in [1.54, 1.807) is 10.9 Å². The Bertz CT molecular complexity index is 1230. The summed E-state index contributed by atoms with van der Waals surface area (Å²) in [5.74, 6) is -0.257. The van der Waals surface area contributed by atoms with Crippen molar-refractivity contribution in [1.29, 1.82) is 0 Å². The quantitative estimate of drug-likeness (QED) is 0.517. The van der Waals surface area contributed by atoms with E-state index in [4.69, 9.17) is 11.6 Å². The SMILES string of the molecule is Cc1c(C(=O)NCC(C)(C)c2cccc(Cl)c2)nnn1-c1cccc2ncccc12. The van der Waals surface area contributed by atoms with E-state index < -0.39 is 0 Å². The first kappa shape index (κ1) is 20.0. The van der Waals surface area contributed by atoms with E-state index >= 15 is 0 Å². The van der Waals surface area contributed by atoms with Gasteiger partial charge in [-0.1, -0.05) is 48.9 Å². The molecule has 0 saturated carbocycles. The monoisotopic (exact) mass is 419 g/mol. The van der Waals surface area contributed by atoms with Crippen molar-refractivity contribution < 1.29 is 4.79 Å². The molecule has 0 radical (unpaired) electrons. The third-order valence-electron chi connectivity index (χ3n) is 5.26. The van der Waals surface area contributed by atoms with Gasteiger partial charge in [0.25, 0.3) is 5.91 Å². The van der Waals surface area contributed by atoms with Crippen LogP contribution in [0.15, 0.2) is 60.8 Å². The molecule has 6 nitrogen and oxygen atoms in total. The van der Waals surface area contributed by atoms with Crippen LogP contribution in [0.3, 0.4) is 0 Å².